The second-order valence-corrected chi connectivity index (χ2v) is 13.2. The molecule has 2 unspecified atom stereocenters. The van der Waals surface area contributed by atoms with Crippen LogP contribution < -0.4 is 5.32 Å². The van der Waals surface area contributed by atoms with E-state index in [9.17, 15) is 4.79 Å². The summed E-state index contributed by atoms with van der Waals surface area (Å²) in [7, 11) is 4.51. The van der Waals surface area contributed by atoms with E-state index >= 15 is 0 Å². The third-order valence-corrected chi connectivity index (χ3v) is 10.2. The zero-order valence-electron chi connectivity index (χ0n) is 24.3. The maximum Gasteiger partial charge on any atom is 0.316 e. The summed E-state index contributed by atoms with van der Waals surface area (Å²) in [5, 5.41) is 3.24. The summed E-state index contributed by atoms with van der Waals surface area (Å²) in [5.74, 6) is 3.15. The molecule has 212 valence electrons. The molecule has 39 heavy (non-hydrogen) atoms. The summed E-state index contributed by atoms with van der Waals surface area (Å²) < 4.78 is 0. The van der Waals surface area contributed by atoms with Crippen molar-refractivity contribution in [3.8, 4) is 0 Å². The minimum Gasteiger partial charge on any atom is -0.329 e. The number of benzene rings is 2. The smallest absolute Gasteiger partial charge is 0.316 e. The maximum absolute atomic E-state index is 11.2. The minimum absolute atomic E-state index is 0.283. The van der Waals surface area contributed by atoms with Gasteiger partial charge in [0.2, 0.25) is 0 Å². The Bertz CT molecular complexity index is 1060. The number of nitrogens with one attached hydrogen (secondary N) is 1. The van der Waals surface area contributed by atoms with Gasteiger partial charge in [0, 0.05) is 38.3 Å². The van der Waals surface area contributed by atoms with Crippen LogP contribution in [0.15, 0.2) is 48.5 Å². The van der Waals surface area contributed by atoms with Crippen LogP contribution in [0.4, 0.5) is 4.79 Å². The largest absolute Gasteiger partial charge is 0.329 e. The van der Waals surface area contributed by atoms with Crippen molar-refractivity contribution in [2.24, 2.45) is 23.7 Å². The molecular weight excluding hydrogens is 504 g/mol. The van der Waals surface area contributed by atoms with E-state index in [1.54, 1.807) is 4.90 Å². The second-order valence-electron chi connectivity index (χ2n) is 12.9. The van der Waals surface area contributed by atoms with Crippen molar-refractivity contribution >= 4 is 17.0 Å². The summed E-state index contributed by atoms with van der Waals surface area (Å²) in [6, 6.07) is 19.2. The highest BCUT2D eigenvalue weighted by Gasteiger charge is 2.43. The predicted molar refractivity (Wildman–Crippen MR) is 161 cm³/mol. The van der Waals surface area contributed by atoms with E-state index in [1.165, 1.54) is 61.0 Å². The molecule has 6 atom stereocenters. The highest BCUT2D eigenvalue weighted by atomic mass is 35.5. The molecule has 2 aliphatic carbocycles. The van der Waals surface area contributed by atoms with Crippen molar-refractivity contribution in [3.63, 3.8) is 0 Å². The van der Waals surface area contributed by atoms with E-state index in [0.29, 0.717) is 17.9 Å². The maximum atomic E-state index is 11.2. The first-order valence-corrected chi connectivity index (χ1v) is 15.3. The van der Waals surface area contributed by atoms with Gasteiger partial charge in [0.25, 0.3) is 0 Å². The third kappa shape index (κ3) is 7.24. The van der Waals surface area contributed by atoms with Crippen molar-refractivity contribution in [1.82, 2.24) is 20.0 Å². The summed E-state index contributed by atoms with van der Waals surface area (Å²) in [6.07, 6.45) is 5.15. The molecule has 2 heterocycles. The molecule has 0 aromatic heterocycles. The highest BCUT2D eigenvalue weighted by molar-refractivity contribution is 6.62. The summed E-state index contributed by atoms with van der Waals surface area (Å²) in [5.41, 5.74) is 5.47. The molecule has 2 saturated heterocycles. The van der Waals surface area contributed by atoms with E-state index in [4.69, 9.17) is 11.6 Å². The van der Waals surface area contributed by atoms with Gasteiger partial charge in [-0.25, -0.2) is 0 Å². The van der Waals surface area contributed by atoms with Crippen molar-refractivity contribution in [2.45, 2.75) is 64.7 Å². The lowest BCUT2D eigenvalue weighted by Crippen LogP contribution is -2.32. The van der Waals surface area contributed by atoms with Gasteiger partial charge < -0.3 is 10.2 Å². The Morgan fingerprint density at radius 2 is 1.13 bits per heavy atom. The number of likely N-dealkylation sites (tertiary alicyclic amines) is 1. The number of fused-ring (bicyclic) bond motifs is 2. The first-order chi connectivity index (χ1) is 18.7. The van der Waals surface area contributed by atoms with Crippen LogP contribution in [0.5, 0.6) is 0 Å². The molecule has 4 aliphatic rings. The quantitative estimate of drug-likeness (QED) is 0.358. The van der Waals surface area contributed by atoms with E-state index in [-0.39, 0.29) is 5.37 Å². The van der Waals surface area contributed by atoms with Crippen LogP contribution in [0.2, 0.25) is 0 Å². The van der Waals surface area contributed by atoms with E-state index in [1.807, 2.05) is 0 Å². The number of amides is 1. The van der Waals surface area contributed by atoms with Crippen LogP contribution in [0.25, 0.3) is 0 Å². The van der Waals surface area contributed by atoms with E-state index < -0.39 is 0 Å². The lowest BCUT2D eigenvalue weighted by Gasteiger charge is -2.26. The number of nitrogens with zero attached hydrogens (tertiary/aromatic N) is 3. The lowest BCUT2D eigenvalue weighted by molar-refractivity contribution is 0.207. The van der Waals surface area contributed by atoms with Crippen LogP contribution in [0, 0.1) is 37.5 Å². The summed E-state index contributed by atoms with van der Waals surface area (Å²) in [6.45, 7) is 10.6. The Balaban J connectivity index is 0.000000160. The molecule has 2 aliphatic heterocycles. The SMILES string of the molecule is Cc1ccc(CN(C)C2C[C@@H]3CN(C(=O)Cl)C[C@@H]3C2)cc1.Cc1ccc(CN(C)C2C[C@H]3CNC[C@H]3C2)cc1. The average Bonchev–Trinajstić information content (AvgIpc) is 3.67. The number of hydrogen-bond donors (Lipinski definition) is 1. The Kier molecular flexibility index (Phi) is 9.33. The van der Waals surface area contributed by atoms with Crippen molar-refractivity contribution in [1.29, 1.82) is 0 Å². The van der Waals surface area contributed by atoms with Crippen LogP contribution in [-0.4, -0.2) is 72.4 Å². The predicted octanol–water partition coefficient (Wildman–Crippen LogP) is 5.92. The van der Waals surface area contributed by atoms with Gasteiger partial charge in [-0.15, -0.1) is 0 Å². The molecule has 5 nitrogen and oxygen atoms in total. The van der Waals surface area contributed by atoms with Crippen molar-refractivity contribution in [3.05, 3.63) is 70.8 Å². The molecule has 2 aromatic carbocycles. The zero-order chi connectivity index (χ0) is 27.5. The molecular formula is C33H47ClN4O. The van der Waals surface area contributed by atoms with Gasteiger partial charge in [0.15, 0.2) is 0 Å². The van der Waals surface area contributed by atoms with Gasteiger partial charge in [0.05, 0.1) is 0 Å². The van der Waals surface area contributed by atoms with Crippen LogP contribution in [0.3, 0.4) is 0 Å². The fourth-order valence-corrected chi connectivity index (χ4v) is 7.62. The zero-order valence-corrected chi connectivity index (χ0v) is 25.0. The number of hydrogen-bond acceptors (Lipinski definition) is 4. The molecule has 0 bridgehead atoms. The topological polar surface area (TPSA) is 38.8 Å². The fraction of sp³-hybridized carbons (Fsp3) is 0.606. The van der Waals surface area contributed by atoms with Crippen LogP contribution in [0.1, 0.15) is 47.9 Å². The lowest BCUT2D eigenvalue weighted by atomic mass is 10.0. The van der Waals surface area contributed by atoms with Crippen LogP contribution in [-0.2, 0) is 13.1 Å². The monoisotopic (exact) mass is 550 g/mol. The number of carbonyl (C=O) groups excluding carboxylic acids is 1. The second kappa shape index (κ2) is 12.7. The van der Waals surface area contributed by atoms with E-state index in [2.05, 4.69) is 91.6 Å². The third-order valence-electron chi connectivity index (χ3n) is 9.96. The standard InChI is InChI=1S/C17H23ClN2O.C16H24N2/c1-12-3-5-13(6-4-12)9-19(2)16-7-14-10-20(17(18)21)11-15(14)8-16;1-12-3-5-13(6-4-12)11-18(2)16-7-14-9-17-10-15(14)8-16/h3-6,14-16H,7-11H2,1-2H3;3-6,14-17H,7-11H2,1-2H3/t2*14-,15+,16?. The molecule has 6 rings (SSSR count). The molecule has 1 N–H and O–H groups in total. The number of halogens is 1. The molecule has 1 amide bonds. The summed E-state index contributed by atoms with van der Waals surface area (Å²) in [4.78, 5) is 18.1. The number of aryl methyl sites for hydroxylation is 2. The molecule has 0 radical (unpaired) electrons. The Labute approximate surface area is 240 Å². The van der Waals surface area contributed by atoms with Gasteiger partial charge in [-0.05, 0) is 113 Å². The number of rotatable bonds is 6. The Morgan fingerprint density at radius 1 is 0.744 bits per heavy atom. The molecule has 0 spiro atoms. The van der Waals surface area contributed by atoms with Gasteiger partial charge >= 0.3 is 5.37 Å². The van der Waals surface area contributed by atoms with Gasteiger partial charge in [-0.2, -0.15) is 0 Å². The first-order valence-electron chi connectivity index (χ1n) is 14.9. The van der Waals surface area contributed by atoms with Gasteiger partial charge in [0.1, 0.15) is 0 Å². The Hall–Kier alpha value is -1.92. The van der Waals surface area contributed by atoms with Crippen molar-refractivity contribution < 1.29 is 4.79 Å². The molecule has 6 heteroatoms. The molecule has 4 fully saturated rings. The van der Waals surface area contributed by atoms with Crippen LogP contribution >= 0.6 is 11.6 Å². The van der Waals surface area contributed by atoms with E-state index in [0.717, 1.165) is 44.1 Å². The fourth-order valence-electron chi connectivity index (χ4n) is 7.49. The highest BCUT2D eigenvalue weighted by Crippen LogP contribution is 2.40. The Morgan fingerprint density at radius 3 is 1.51 bits per heavy atom. The normalized spacial score (nSPS) is 29.5. The van der Waals surface area contributed by atoms with Gasteiger partial charge in [-0.3, -0.25) is 14.6 Å². The minimum atomic E-state index is -0.283. The average molecular weight is 551 g/mol. The first kappa shape index (κ1) is 28.6. The molecule has 2 aromatic rings. The van der Waals surface area contributed by atoms with Gasteiger partial charge in [-0.1, -0.05) is 59.7 Å². The molecule has 2 saturated carbocycles. The number of carbonyl (C=O) groups is 1. The van der Waals surface area contributed by atoms with Crippen molar-refractivity contribution in [2.75, 3.05) is 40.3 Å². The summed E-state index contributed by atoms with van der Waals surface area (Å²) >= 11 is 5.59.